The summed E-state index contributed by atoms with van der Waals surface area (Å²) in [5.74, 6) is -0.643. The van der Waals surface area contributed by atoms with E-state index in [4.69, 9.17) is 5.73 Å². The van der Waals surface area contributed by atoms with Crippen LogP contribution >= 0.6 is 11.3 Å². The molecular weight excluding hydrogens is 278 g/mol. The fraction of sp³-hybridized carbons (Fsp3) is 0.333. The maximum Gasteiger partial charge on any atom is 0.264 e. The van der Waals surface area contributed by atoms with E-state index in [1.165, 1.54) is 12.4 Å². The fourth-order valence-electron chi connectivity index (χ4n) is 1.63. The van der Waals surface area contributed by atoms with Gasteiger partial charge in [-0.25, -0.2) is 9.97 Å². The minimum atomic E-state index is -0.397. The number of hydrogen-bond donors (Lipinski definition) is 3. The highest BCUT2D eigenvalue weighted by Gasteiger charge is 2.18. The zero-order chi connectivity index (χ0) is 14.7. The van der Waals surface area contributed by atoms with Gasteiger partial charge in [-0.15, -0.1) is 11.3 Å². The van der Waals surface area contributed by atoms with Crippen LogP contribution in [0.25, 0.3) is 10.3 Å². The van der Waals surface area contributed by atoms with Crippen molar-refractivity contribution in [2.24, 2.45) is 0 Å². The molecule has 2 rings (SSSR count). The Morgan fingerprint density at radius 1 is 1.35 bits per heavy atom. The van der Waals surface area contributed by atoms with Crippen molar-refractivity contribution in [3.63, 3.8) is 0 Å². The van der Waals surface area contributed by atoms with Gasteiger partial charge < -0.3 is 16.4 Å². The van der Waals surface area contributed by atoms with Crippen molar-refractivity contribution in [2.75, 3.05) is 12.3 Å². The van der Waals surface area contributed by atoms with Gasteiger partial charge in [0.05, 0.1) is 12.2 Å². The van der Waals surface area contributed by atoms with Crippen LogP contribution in [0.15, 0.2) is 12.4 Å². The van der Waals surface area contributed by atoms with Crippen molar-refractivity contribution in [2.45, 2.75) is 19.9 Å². The second kappa shape index (κ2) is 5.83. The van der Waals surface area contributed by atoms with Crippen molar-refractivity contribution in [1.29, 1.82) is 0 Å². The van der Waals surface area contributed by atoms with Gasteiger partial charge in [0.15, 0.2) is 0 Å². The van der Waals surface area contributed by atoms with Crippen LogP contribution in [0.1, 0.15) is 23.5 Å². The number of fused-ring (bicyclic) bond motifs is 1. The number of aromatic nitrogens is 2. The van der Waals surface area contributed by atoms with Crippen molar-refractivity contribution in [1.82, 2.24) is 20.6 Å². The van der Waals surface area contributed by atoms with E-state index in [0.717, 1.165) is 11.3 Å². The average Bonchev–Trinajstić information content (AvgIpc) is 2.73. The Bertz CT molecular complexity index is 652. The van der Waals surface area contributed by atoms with Crippen LogP contribution < -0.4 is 16.4 Å². The van der Waals surface area contributed by atoms with Gasteiger partial charge in [-0.2, -0.15) is 0 Å². The average molecular weight is 293 g/mol. The van der Waals surface area contributed by atoms with Gasteiger partial charge in [0, 0.05) is 18.4 Å². The minimum Gasteiger partial charge on any atom is -0.396 e. The number of nitrogens with two attached hydrogens (primary N) is 1. The molecule has 0 radical (unpaired) electrons. The Balaban J connectivity index is 2.08. The lowest BCUT2D eigenvalue weighted by Gasteiger charge is -2.08. The Labute approximate surface area is 119 Å². The lowest BCUT2D eigenvalue weighted by molar-refractivity contribution is -0.120. The maximum atomic E-state index is 12.0. The molecule has 7 nitrogen and oxygen atoms in total. The van der Waals surface area contributed by atoms with Gasteiger partial charge in [-0.1, -0.05) is 0 Å². The summed E-state index contributed by atoms with van der Waals surface area (Å²) in [6.45, 7) is 3.60. The third kappa shape index (κ3) is 3.02. The summed E-state index contributed by atoms with van der Waals surface area (Å²) < 4.78 is 0. The Morgan fingerprint density at radius 2 is 2.05 bits per heavy atom. The number of anilines is 1. The lowest BCUT2D eigenvalue weighted by atomic mass is 10.3. The third-order valence-electron chi connectivity index (χ3n) is 2.43. The monoisotopic (exact) mass is 293 g/mol. The van der Waals surface area contributed by atoms with Crippen LogP contribution in [0.3, 0.4) is 0 Å². The van der Waals surface area contributed by atoms with Crippen LogP contribution in [0, 0.1) is 0 Å². The zero-order valence-electron chi connectivity index (χ0n) is 11.1. The van der Waals surface area contributed by atoms with E-state index in [1.807, 2.05) is 13.8 Å². The second-order valence-electron chi connectivity index (χ2n) is 4.46. The molecule has 4 N–H and O–H groups in total. The summed E-state index contributed by atoms with van der Waals surface area (Å²) in [6.07, 6.45) is 3.05. The lowest BCUT2D eigenvalue weighted by Crippen LogP contribution is -2.39. The third-order valence-corrected chi connectivity index (χ3v) is 3.53. The van der Waals surface area contributed by atoms with Crippen LogP contribution in [-0.4, -0.2) is 34.4 Å². The Morgan fingerprint density at radius 3 is 2.70 bits per heavy atom. The topological polar surface area (TPSA) is 110 Å². The highest BCUT2D eigenvalue weighted by molar-refractivity contribution is 7.21. The van der Waals surface area contributed by atoms with E-state index >= 15 is 0 Å². The van der Waals surface area contributed by atoms with Gasteiger partial charge in [-0.3, -0.25) is 9.59 Å². The van der Waals surface area contributed by atoms with Gasteiger partial charge in [-0.05, 0) is 13.8 Å². The molecule has 2 aromatic heterocycles. The molecule has 2 aromatic rings. The second-order valence-corrected chi connectivity index (χ2v) is 5.46. The van der Waals surface area contributed by atoms with Gasteiger partial charge in [0.25, 0.3) is 5.91 Å². The number of carbonyl (C=O) groups excluding carboxylic acids is 2. The molecule has 20 heavy (non-hydrogen) atoms. The smallest absolute Gasteiger partial charge is 0.264 e. The van der Waals surface area contributed by atoms with Crippen LogP contribution in [0.4, 0.5) is 5.69 Å². The van der Waals surface area contributed by atoms with Gasteiger partial charge in [0.2, 0.25) is 5.91 Å². The first kappa shape index (κ1) is 14.2. The van der Waals surface area contributed by atoms with Gasteiger partial charge in [0.1, 0.15) is 15.2 Å². The molecular formula is C12H15N5O2S. The summed E-state index contributed by atoms with van der Waals surface area (Å²) in [5, 5.41) is 5.21. The van der Waals surface area contributed by atoms with Crippen molar-refractivity contribution >= 4 is 39.2 Å². The Kier molecular flexibility index (Phi) is 4.14. The SMILES string of the molecule is CC(C)NC(=O)CNC(=O)c1sc2nccnc2c1N. The number of carbonyl (C=O) groups is 2. The molecule has 2 heterocycles. The number of nitrogens with one attached hydrogen (secondary N) is 2. The number of thiophene rings is 1. The zero-order valence-corrected chi connectivity index (χ0v) is 12.0. The molecule has 0 atom stereocenters. The largest absolute Gasteiger partial charge is 0.396 e. The summed E-state index contributed by atoms with van der Waals surface area (Å²) in [7, 11) is 0. The summed E-state index contributed by atoms with van der Waals surface area (Å²) in [6, 6.07) is 0.0298. The molecule has 0 bridgehead atoms. The first-order valence-electron chi connectivity index (χ1n) is 6.05. The van der Waals surface area contributed by atoms with Crippen molar-refractivity contribution < 1.29 is 9.59 Å². The molecule has 2 amide bonds. The highest BCUT2D eigenvalue weighted by Crippen LogP contribution is 2.29. The summed E-state index contributed by atoms with van der Waals surface area (Å²) in [4.78, 5) is 32.6. The van der Waals surface area contributed by atoms with E-state index in [-0.39, 0.29) is 18.5 Å². The first-order chi connectivity index (χ1) is 9.49. The van der Waals surface area contributed by atoms with Crippen LogP contribution in [0.5, 0.6) is 0 Å². The molecule has 0 saturated heterocycles. The maximum absolute atomic E-state index is 12.0. The quantitative estimate of drug-likeness (QED) is 0.761. The highest BCUT2D eigenvalue weighted by atomic mass is 32.1. The standard InChI is InChI=1S/C12H15N5O2S/c1-6(2)17-7(18)5-16-11(19)10-8(13)9-12(20-10)15-4-3-14-9/h3-4,6H,5,13H2,1-2H3,(H,16,19)(H,17,18). The van der Waals surface area contributed by atoms with E-state index in [1.54, 1.807) is 0 Å². The molecule has 8 heteroatoms. The Hall–Kier alpha value is -2.22. The molecule has 0 aromatic carbocycles. The molecule has 0 aliphatic carbocycles. The van der Waals surface area contributed by atoms with E-state index in [9.17, 15) is 9.59 Å². The molecule has 0 saturated carbocycles. The predicted octanol–water partition coefficient (Wildman–Crippen LogP) is 0.528. The summed E-state index contributed by atoms with van der Waals surface area (Å²) in [5.41, 5.74) is 6.67. The molecule has 106 valence electrons. The molecule has 0 fully saturated rings. The van der Waals surface area contributed by atoms with E-state index in [0.29, 0.717) is 20.9 Å². The van der Waals surface area contributed by atoms with Gasteiger partial charge >= 0.3 is 0 Å². The molecule has 0 unspecified atom stereocenters. The number of rotatable bonds is 4. The number of hydrogen-bond acceptors (Lipinski definition) is 6. The number of nitrogens with zero attached hydrogens (tertiary/aromatic N) is 2. The van der Waals surface area contributed by atoms with E-state index < -0.39 is 5.91 Å². The minimum absolute atomic E-state index is 0.0298. The molecule has 0 aliphatic heterocycles. The summed E-state index contributed by atoms with van der Waals surface area (Å²) >= 11 is 1.16. The molecule has 0 aliphatic rings. The normalized spacial score (nSPS) is 10.8. The van der Waals surface area contributed by atoms with Crippen LogP contribution in [0.2, 0.25) is 0 Å². The number of amides is 2. The first-order valence-corrected chi connectivity index (χ1v) is 6.87. The van der Waals surface area contributed by atoms with Crippen LogP contribution in [-0.2, 0) is 4.79 Å². The van der Waals surface area contributed by atoms with Crippen molar-refractivity contribution in [3.8, 4) is 0 Å². The van der Waals surface area contributed by atoms with Crippen molar-refractivity contribution in [3.05, 3.63) is 17.3 Å². The predicted molar refractivity (Wildman–Crippen MR) is 77.4 cm³/mol. The number of nitrogen functional groups attached to an aromatic ring is 1. The molecule has 0 spiro atoms. The van der Waals surface area contributed by atoms with E-state index in [2.05, 4.69) is 20.6 Å². The fourth-order valence-corrected chi connectivity index (χ4v) is 2.56.